The molecule has 2 aromatic heterocycles. The number of aromatic nitrogens is 3. The second-order valence-electron chi connectivity index (χ2n) is 5.27. The number of carbonyl (C=O) groups is 2. The molecule has 0 aromatic carbocycles. The van der Waals surface area contributed by atoms with Gasteiger partial charge in [0.1, 0.15) is 5.56 Å². The van der Waals surface area contributed by atoms with Gasteiger partial charge in [0.25, 0.3) is 5.91 Å². The number of carbonyl (C=O) groups excluding carboxylic acids is 2. The number of thiazole rings is 1. The molecule has 3 heterocycles. The van der Waals surface area contributed by atoms with Crippen molar-refractivity contribution in [3.8, 4) is 5.88 Å². The van der Waals surface area contributed by atoms with E-state index >= 15 is 0 Å². The molecular weight excluding hydrogens is 318 g/mol. The third-order valence-electron chi connectivity index (χ3n) is 3.52. The summed E-state index contributed by atoms with van der Waals surface area (Å²) in [5, 5.41) is 7.39. The van der Waals surface area contributed by atoms with Crippen LogP contribution in [0.1, 0.15) is 27.9 Å². The highest BCUT2D eigenvalue weighted by Crippen LogP contribution is 2.29. The lowest BCUT2D eigenvalue weighted by Gasteiger charge is -2.25. The lowest BCUT2D eigenvalue weighted by atomic mass is 10.1. The van der Waals surface area contributed by atoms with Crippen LogP contribution in [0.15, 0.2) is 6.20 Å². The number of nitrogens with zero attached hydrogens (tertiary/aromatic N) is 4. The zero-order valence-corrected chi connectivity index (χ0v) is 13.9. The molecule has 1 aliphatic heterocycles. The molecule has 2 amide bonds. The maximum absolute atomic E-state index is 12.7. The van der Waals surface area contributed by atoms with E-state index in [4.69, 9.17) is 4.74 Å². The minimum Gasteiger partial charge on any atom is -0.479 e. The quantitative estimate of drug-likeness (QED) is 0.905. The maximum atomic E-state index is 12.7. The van der Waals surface area contributed by atoms with Crippen molar-refractivity contribution in [3.05, 3.63) is 22.3 Å². The third kappa shape index (κ3) is 3.04. The first kappa shape index (κ1) is 15.5. The Morgan fingerprint density at radius 2 is 2.22 bits per heavy atom. The molecular formula is C14H17N5O3S. The fraction of sp³-hybridized carbons (Fsp3) is 0.429. The molecule has 0 bridgehead atoms. The van der Waals surface area contributed by atoms with Gasteiger partial charge in [-0.1, -0.05) is 11.3 Å². The molecule has 0 fully saturated rings. The summed E-state index contributed by atoms with van der Waals surface area (Å²) < 4.78 is 6.72. The molecule has 2 aromatic rings. The Kier molecular flexibility index (Phi) is 4.03. The van der Waals surface area contributed by atoms with Crippen molar-refractivity contribution in [2.24, 2.45) is 7.05 Å². The minimum atomic E-state index is -0.149. The number of amides is 2. The molecule has 0 spiro atoms. The van der Waals surface area contributed by atoms with Gasteiger partial charge in [-0.2, -0.15) is 0 Å². The first-order valence-corrected chi connectivity index (χ1v) is 7.92. The summed E-state index contributed by atoms with van der Waals surface area (Å²) in [5.74, 6) is 0.0609. The predicted molar refractivity (Wildman–Crippen MR) is 84.6 cm³/mol. The average Bonchev–Trinajstić information content (AvgIpc) is 3.07. The van der Waals surface area contributed by atoms with Crippen LogP contribution in [0.25, 0.3) is 0 Å². The van der Waals surface area contributed by atoms with Crippen molar-refractivity contribution in [1.82, 2.24) is 19.7 Å². The maximum Gasteiger partial charge on any atom is 0.261 e. The molecule has 1 aliphatic rings. The van der Waals surface area contributed by atoms with E-state index in [9.17, 15) is 9.59 Å². The van der Waals surface area contributed by atoms with Gasteiger partial charge in [-0.25, -0.2) is 4.98 Å². The number of ether oxygens (including phenoxy) is 1. The summed E-state index contributed by atoms with van der Waals surface area (Å²) in [6.45, 7) is 2.50. The summed E-state index contributed by atoms with van der Waals surface area (Å²) in [6.07, 6.45) is 2.33. The van der Waals surface area contributed by atoms with Gasteiger partial charge < -0.3 is 15.0 Å². The van der Waals surface area contributed by atoms with Crippen LogP contribution < -0.4 is 10.1 Å². The Balaban J connectivity index is 1.79. The second kappa shape index (κ2) is 5.99. The van der Waals surface area contributed by atoms with Crippen molar-refractivity contribution in [2.75, 3.05) is 19.0 Å². The molecule has 0 radical (unpaired) electrons. The number of rotatable bonds is 3. The Morgan fingerprint density at radius 1 is 1.43 bits per heavy atom. The Morgan fingerprint density at radius 3 is 2.91 bits per heavy atom. The smallest absolute Gasteiger partial charge is 0.261 e. The molecule has 0 saturated carbocycles. The van der Waals surface area contributed by atoms with E-state index in [1.165, 1.54) is 25.4 Å². The summed E-state index contributed by atoms with van der Waals surface area (Å²) >= 11 is 1.41. The third-order valence-corrected chi connectivity index (χ3v) is 4.52. The van der Waals surface area contributed by atoms with Crippen LogP contribution >= 0.6 is 11.3 Å². The van der Waals surface area contributed by atoms with E-state index in [2.05, 4.69) is 15.4 Å². The molecule has 0 saturated heterocycles. The number of nitrogens with one attached hydrogen (secondary N) is 1. The molecule has 3 rings (SSSR count). The van der Waals surface area contributed by atoms with Gasteiger partial charge >= 0.3 is 0 Å². The normalized spacial score (nSPS) is 13.6. The number of anilines is 1. The first-order valence-electron chi connectivity index (χ1n) is 7.11. The van der Waals surface area contributed by atoms with Crippen LogP contribution in [0.2, 0.25) is 0 Å². The van der Waals surface area contributed by atoms with Gasteiger partial charge in [-0.15, -0.1) is 5.10 Å². The van der Waals surface area contributed by atoms with Gasteiger partial charge in [-0.05, 0) is 0 Å². The van der Waals surface area contributed by atoms with Crippen LogP contribution in [-0.4, -0.2) is 45.1 Å². The standard InChI is InChI=1S/C14H17N5O3S/c1-8(20)15-14-16-10-4-5-19(7-11(10)23-14)13(21)9-6-18(2)17-12(9)22-3/h6H,4-5,7H2,1-3H3,(H,15,16,20). The lowest BCUT2D eigenvalue weighted by molar-refractivity contribution is -0.114. The van der Waals surface area contributed by atoms with Gasteiger partial charge in [0.05, 0.1) is 19.3 Å². The van der Waals surface area contributed by atoms with Crippen molar-refractivity contribution in [1.29, 1.82) is 0 Å². The highest BCUT2D eigenvalue weighted by atomic mass is 32.1. The summed E-state index contributed by atoms with van der Waals surface area (Å²) in [4.78, 5) is 31.0. The fourth-order valence-corrected chi connectivity index (χ4v) is 3.58. The molecule has 0 unspecified atom stereocenters. The van der Waals surface area contributed by atoms with E-state index in [0.29, 0.717) is 36.1 Å². The van der Waals surface area contributed by atoms with E-state index in [-0.39, 0.29) is 11.8 Å². The average molecular weight is 335 g/mol. The molecule has 1 N–H and O–H groups in total. The van der Waals surface area contributed by atoms with Gasteiger partial charge in [-0.3, -0.25) is 14.3 Å². The first-order chi connectivity index (χ1) is 11.0. The zero-order valence-electron chi connectivity index (χ0n) is 13.1. The van der Waals surface area contributed by atoms with Crippen LogP contribution in [0, 0.1) is 0 Å². The second-order valence-corrected chi connectivity index (χ2v) is 6.36. The van der Waals surface area contributed by atoms with Crippen LogP contribution in [0.4, 0.5) is 5.13 Å². The van der Waals surface area contributed by atoms with Gasteiger partial charge in [0.2, 0.25) is 11.8 Å². The highest BCUT2D eigenvalue weighted by molar-refractivity contribution is 7.15. The molecule has 8 nitrogen and oxygen atoms in total. The summed E-state index contributed by atoms with van der Waals surface area (Å²) in [5.41, 5.74) is 1.39. The lowest BCUT2D eigenvalue weighted by Crippen LogP contribution is -2.35. The minimum absolute atomic E-state index is 0.116. The summed E-state index contributed by atoms with van der Waals surface area (Å²) in [6, 6.07) is 0. The van der Waals surface area contributed by atoms with E-state index in [0.717, 1.165) is 10.6 Å². The van der Waals surface area contributed by atoms with Crippen molar-refractivity contribution in [2.45, 2.75) is 19.9 Å². The van der Waals surface area contributed by atoms with Crippen LogP contribution in [-0.2, 0) is 24.8 Å². The van der Waals surface area contributed by atoms with E-state index in [1.54, 1.807) is 22.8 Å². The molecule has 23 heavy (non-hydrogen) atoms. The number of aryl methyl sites for hydroxylation is 1. The van der Waals surface area contributed by atoms with E-state index < -0.39 is 0 Å². The molecule has 9 heteroatoms. The van der Waals surface area contributed by atoms with E-state index in [1.807, 2.05) is 0 Å². The van der Waals surface area contributed by atoms with Crippen LogP contribution in [0.5, 0.6) is 5.88 Å². The number of hydrogen-bond acceptors (Lipinski definition) is 6. The summed E-state index contributed by atoms with van der Waals surface area (Å²) in [7, 11) is 3.24. The van der Waals surface area contributed by atoms with Crippen molar-refractivity contribution < 1.29 is 14.3 Å². The molecule has 0 atom stereocenters. The van der Waals surface area contributed by atoms with Gasteiger partial charge in [0.15, 0.2) is 5.13 Å². The van der Waals surface area contributed by atoms with Crippen molar-refractivity contribution in [3.63, 3.8) is 0 Å². The van der Waals surface area contributed by atoms with Crippen molar-refractivity contribution >= 4 is 28.3 Å². The number of fused-ring (bicyclic) bond motifs is 1. The van der Waals surface area contributed by atoms with Crippen LogP contribution in [0.3, 0.4) is 0 Å². The highest BCUT2D eigenvalue weighted by Gasteiger charge is 2.28. The Bertz CT molecular complexity index is 767. The van der Waals surface area contributed by atoms with Gasteiger partial charge in [0, 0.05) is 38.0 Å². The molecule has 122 valence electrons. The number of methoxy groups -OCH3 is 1. The topological polar surface area (TPSA) is 89.3 Å². The fourth-order valence-electron chi connectivity index (χ4n) is 2.51. The Hall–Kier alpha value is -2.42. The monoisotopic (exact) mass is 335 g/mol. The Labute approximate surface area is 137 Å². The SMILES string of the molecule is COc1nn(C)cc1C(=O)N1CCc2nc(NC(C)=O)sc2C1. The largest absolute Gasteiger partial charge is 0.479 e. The molecule has 0 aliphatic carbocycles. The predicted octanol–water partition coefficient (Wildman–Crippen LogP) is 1.04. The number of hydrogen-bond donors (Lipinski definition) is 1. The zero-order chi connectivity index (χ0) is 16.6.